The van der Waals surface area contributed by atoms with Crippen LogP contribution in [-0.2, 0) is 26.2 Å². The van der Waals surface area contributed by atoms with Crippen molar-refractivity contribution in [3.63, 3.8) is 0 Å². The van der Waals surface area contributed by atoms with Crippen molar-refractivity contribution in [3.8, 4) is 0 Å². The number of piperidine rings is 1. The fourth-order valence-corrected chi connectivity index (χ4v) is 5.13. The Hall–Kier alpha value is -0.460. The number of rotatable bonds is 2. The van der Waals surface area contributed by atoms with E-state index in [1.807, 2.05) is 11.3 Å². The molecule has 22 heavy (non-hydrogen) atoms. The number of ether oxygens (including phenoxy) is 3. The molecular weight excluding hydrogens is 298 g/mol. The third-order valence-corrected chi connectivity index (χ3v) is 6.31. The summed E-state index contributed by atoms with van der Waals surface area (Å²) in [7, 11) is 0. The van der Waals surface area contributed by atoms with Crippen molar-refractivity contribution in [3.05, 3.63) is 21.9 Å². The molecule has 0 aromatic carbocycles. The average Bonchev–Trinajstić information content (AvgIpc) is 2.89. The topological polar surface area (TPSA) is 30.9 Å². The van der Waals surface area contributed by atoms with Gasteiger partial charge in [0, 0.05) is 30.4 Å². The zero-order valence-corrected chi connectivity index (χ0v) is 13.9. The molecular formula is C17H25NO3S. The van der Waals surface area contributed by atoms with Crippen LogP contribution < -0.4 is 0 Å². The maximum Gasteiger partial charge on any atom is 0.105 e. The molecule has 0 aliphatic carbocycles. The van der Waals surface area contributed by atoms with Gasteiger partial charge in [-0.05, 0) is 36.3 Å². The first-order valence-corrected chi connectivity index (χ1v) is 9.32. The molecule has 122 valence electrons. The predicted octanol–water partition coefficient (Wildman–Crippen LogP) is 2.27. The van der Waals surface area contributed by atoms with Gasteiger partial charge in [-0.15, -0.1) is 11.3 Å². The second-order valence-electron chi connectivity index (χ2n) is 6.68. The molecule has 4 heterocycles. The number of hydrogen-bond donors (Lipinski definition) is 0. The van der Waals surface area contributed by atoms with Crippen molar-refractivity contribution in [2.24, 2.45) is 5.92 Å². The third kappa shape index (κ3) is 2.97. The lowest BCUT2D eigenvalue weighted by atomic mass is 9.85. The number of thiophene rings is 1. The Bertz CT molecular complexity index is 488. The molecule has 0 N–H and O–H groups in total. The Labute approximate surface area is 136 Å². The second kappa shape index (κ2) is 6.57. The fourth-order valence-electron chi connectivity index (χ4n) is 3.96. The van der Waals surface area contributed by atoms with Gasteiger partial charge in [0.1, 0.15) is 5.60 Å². The van der Waals surface area contributed by atoms with Crippen LogP contribution in [0.5, 0.6) is 0 Å². The first-order chi connectivity index (χ1) is 10.9. The first kappa shape index (κ1) is 15.1. The van der Waals surface area contributed by atoms with Gasteiger partial charge >= 0.3 is 0 Å². The van der Waals surface area contributed by atoms with E-state index in [0.29, 0.717) is 5.92 Å². The molecule has 1 aromatic rings. The summed E-state index contributed by atoms with van der Waals surface area (Å²) < 4.78 is 17.5. The fraction of sp³-hybridized carbons (Fsp3) is 0.765. The highest BCUT2D eigenvalue weighted by molar-refractivity contribution is 7.10. The lowest BCUT2D eigenvalue weighted by Crippen LogP contribution is -2.47. The van der Waals surface area contributed by atoms with Gasteiger partial charge in [-0.25, -0.2) is 0 Å². The van der Waals surface area contributed by atoms with Gasteiger partial charge < -0.3 is 19.1 Å². The molecule has 0 saturated carbocycles. The molecule has 0 radical (unpaired) electrons. The largest absolute Gasteiger partial charge is 0.379 e. The van der Waals surface area contributed by atoms with Crippen LogP contribution in [0.3, 0.4) is 0 Å². The number of hydrogen-bond acceptors (Lipinski definition) is 5. The van der Waals surface area contributed by atoms with E-state index in [-0.39, 0.29) is 5.60 Å². The van der Waals surface area contributed by atoms with Gasteiger partial charge in [-0.2, -0.15) is 0 Å². The minimum atomic E-state index is 0.00863. The second-order valence-corrected chi connectivity index (χ2v) is 7.60. The molecule has 4 rings (SSSR count). The number of fused-ring (bicyclic) bond motifs is 2. The zero-order valence-electron chi connectivity index (χ0n) is 13.1. The summed E-state index contributed by atoms with van der Waals surface area (Å²) in [6.45, 7) is 7.38. The van der Waals surface area contributed by atoms with E-state index in [1.165, 1.54) is 10.4 Å². The van der Waals surface area contributed by atoms with E-state index >= 15 is 0 Å². The normalized spacial score (nSPS) is 26.7. The van der Waals surface area contributed by atoms with Crippen LogP contribution >= 0.6 is 11.3 Å². The van der Waals surface area contributed by atoms with Crippen molar-refractivity contribution >= 4 is 11.3 Å². The van der Waals surface area contributed by atoms with Crippen molar-refractivity contribution in [2.75, 3.05) is 52.7 Å². The Morgan fingerprint density at radius 1 is 1.14 bits per heavy atom. The Morgan fingerprint density at radius 3 is 2.68 bits per heavy atom. The van der Waals surface area contributed by atoms with Gasteiger partial charge in [0.25, 0.3) is 0 Å². The molecule has 0 atom stereocenters. The standard InChI is InChI=1S/C17H25NO3S/c1-7-21-17(16-15(1)2-10-22-16)3-5-18(6-4-17)11-14-12-19-8-9-20-13-14/h2,10,14H,1,3-9,11-13H2. The van der Waals surface area contributed by atoms with Crippen LogP contribution in [0.1, 0.15) is 23.3 Å². The minimum absolute atomic E-state index is 0.00863. The van der Waals surface area contributed by atoms with Gasteiger partial charge in [0.05, 0.1) is 33.0 Å². The van der Waals surface area contributed by atoms with Crippen LogP contribution in [0.4, 0.5) is 0 Å². The molecule has 1 spiro atoms. The predicted molar refractivity (Wildman–Crippen MR) is 86.5 cm³/mol. The molecule has 2 saturated heterocycles. The van der Waals surface area contributed by atoms with E-state index in [4.69, 9.17) is 14.2 Å². The maximum atomic E-state index is 6.28. The maximum absolute atomic E-state index is 6.28. The van der Waals surface area contributed by atoms with E-state index in [0.717, 1.165) is 71.9 Å². The Kier molecular flexibility index (Phi) is 4.51. The average molecular weight is 323 g/mol. The van der Waals surface area contributed by atoms with Gasteiger partial charge in [0.15, 0.2) is 0 Å². The van der Waals surface area contributed by atoms with E-state index in [9.17, 15) is 0 Å². The quantitative estimate of drug-likeness (QED) is 0.835. The molecule has 5 heteroatoms. The summed E-state index contributed by atoms with van der Waals surface area (Å²) in [6, 6.07) is 2.29. The molecule has 0 amide bonds. The van der Waals surface area contributed by atoms with Gasteiger partial charge in [-0.3, -0.25) is 0 Å². The smallest absolute Gasteiger partial charge is 0.105 e. The zero-order chi connectivity index (χ0) is 14.8. The molecule has 0 bridgehead atoms. The summed E-state index contributed by atoms with van der Waals surface area (Å²) in [5.74, 6) is 0.515. The molecule has 4 nitrogen and oxygen atoms in total. The van der Waals surface area contributed by atoms with Crippen molar-refractivity contribution in [1.82, 2.24) is 4.90 Å². The van der Waals surface area contributed by atoms with Crippen molar-refractivity contribution < 1.29 is 14.2 Å². The molecule has 0 unspecified atom stereocenters. The summed E-state index contributed by atoms with van der Waals surface area (Å²) in [6.07, 6.45) is 3.32. The van der Waals surface area contributed by atoms with Crippen LogP contribution in [0.25, 0.3) is 0 Å². The van der Waals surface area contributed by atoms with Crippen LogP contribution in [-0.4, -0.2) is 57.6 Å². The van der Waals surface area contributed by atoms with Crippen molar-refractivity contribution in [2.45, 2.75) is 24.9 Å². The van der Waals surface area contributed by atoms with Crippen molar-refractivity contribution in [1.29, 1.82) is 0 Å². The summed E-state index contributed by atoms with van der Waals surface area (Å²) in [5.41, 5.74) is 1.53. The van der Waals surface area contributed by atoms with E-state index in [1.54, 1.807) is 0 Å². The lowest BCUT2D eigenvalue weighted by Gasteiger charge is -2.44. The highest BCUT2D eigenvalue weighted by Gasteiger charge is 2.41. The van der Waals surface area contributed by atoms with Crippen LogP contribution in [0.15, 0.2) is 11.4 Å². The molecule has 1 aromatic heterocycles. The number of nitrogens with zero attached hydrogens (tertiary/aromatic N) is 1. The van der Waals surface area contributed by atoms with Gasteiger partial charge in [-0.1, -0.05) is 0 Å². The molecule has 3 aliphatic heterocycles. The van der Waals surface area contributed by atoms with E-state index < -0.39 is 0 Å². The van der Waals surface area contributed by atoms with E-state index in [2.05, 4.69) is 16.3 Å². The minimum Gasteiger partial charge on any atom is -0.379 e. The molecule has 3 aliphatic rings. The number of likely N-dealkylation sites (tertiary alicyclic amines) is 1. The van der Waals surface area contributed by atoms with Crippen LogP contribution in [0.2, 0.25) is 0 Å². The molecule has 2 fully saturated rings. The summed E-state index contributed by atoms with van der Waals surface area (Å²) in [4.78, 5) is 4.07. The lowest BCUT2D eigenvalue weighted by molar-refractivity contribution is -0.0974. The summed E-state index contributed by atoms with van der Waals surface area (Å²) in [5, 5.41) is 2.23. The first-order valence-electron chi connectivity index (χ1n) is 8.44. The Balaban J connectivity index is 1.37. The van der Waals surface area contributed by atoms with Gasteiger partial charge in [0.2, 0.25) is 0 Å². The summed E-state index contributed by atoms with van der Waals surface area (Å²) >= 11 is 1.89. The van der Waals surface area contributed by atoms with Crippen LogP contribution in [0, 0.1) is 5.92 Å². The SMILES string of the molecule is c1cc2c(s1)C1(CCN(CC3COCCOC3)CC1)OCC2. The third-order valence-electron chi connectivity index (χ3n) is 5.17. The monoisotopic (exact) mass is 323 g/mol. The Morgan fingerprint density at radius 2 is 1.91 bits per heavy atom. The highest BCUT2D eigenvalue weighted by Crippen LogP contribution is 2.44. The highest BCUT2D eigenvalue weighted by atomic mass is 32.1.